The highest BCUT2D eigenvalue weighted by molar-refractivity contribution is 6.26. The Bertz CT molecular complexity index is 3900. The van der Waals surface area contributed by atoms with Crippen molar-refractivity contribution in [1.29, 1.82) is 5.26 Å². The molecule has 0 bridgehead atoms. The highest BCUT2D eigenvalue weighted by Crippen LogP contribution is 2.50. The van der Waals surface area contributed by atoms with E-state index in [1.54, 1.807) is 0 Å². The number of nitriles is 1. The van der Waals surface area contributed by atoms with E-state index in [4.69, 9.17) is 8.83 Å². The number of para-hydroxylation sites is 4. The molecule has 0 fully saturated rings. The SMILES string of the molecule is N#Cc1cc(-n2c3ccccc3c3ccc4oc5ccccc5c4c32)c(-n2c3ccccc3c3ccc4oc5ccccc5c4c32)cc1-c1c(C(F)(F)F)cccc1C(F)(F)F. The van der Waals surface area contributed by atoms with Crippen molar-refractivity contribution < 1.29 is 35.2 Å². The lowest BCUT2D eigenvalue weighted by Crippen LogP contribution is -2.15. The van der Waals surface area contributed by atoms with Crippen LogP contribution in [0.1, 0.15) is 16.7 Å². The molecule has 0 radical (unpaired) electrons. The number of hydrogen-bond donors (Lipinski definition) is 0. The number of rotatable bonds is 3. The summed E-state index contributed by atoms with van der Waals surface area (Å²) < 4.78 is 107. The molecule has 0 saturated carbocycles. The number of alkyl halides is 6. The van der Waals surface area contributed by atoms with Gasteiger partial charge in [-0.2, -0.15) is 31.6 Å². The molecule has 0 amide bonds. The molecule has 0 saturated heterocycles. The van der Waals surface area contributed by atoms with Crippen molar-refractivity contribution in [3.8, 4) is 28.6 Å². The van der Waals surface area contributed by atoms with E-state index in [0.717, 1.165) is 43.8 Å². The number of furan rings is 2. The van der Waals surface area contributed by atoms with Crippen molar-refractivity contribution in [3.05, 3.63) is 168 Å². The number of hydrogen-bond acceptors (Lipinski definition) is 3. The third-order valence-corrected chi connectivity index (χ3v) is 12.0. The predicted molar refractivity (Wildman–Crippen MR) is 230 cm³/mol. The Balaban J connectivity index is 1.35. The minimum atomic E-state index is -5.21. The van der Waals surface area contributed by atoms with Gasteiger partial charge in [0.05, 0.1) is 67.0 Å². The first kappa shape index (κ1) is 35.9. The van der Waals surface area contributed by atoms with Crippen LogP contribution in [-0.4, -0.2) is 9.13 Å². The van der Waals surface area contributed by atoms with Crippen LogP contribution in [0.4, 0.5) is 26.3 Å². The maximum atomic E-state index is 15.0. The summed E-state index contributed by atoms with van der Waals surface area (Å²) >= 11 is 0. The van der Waals surface area contributed by atoms with Crippen molar-refractivity contribution in [2.24, 2.45) is 0 Å². The Kier molecular flexibility index (Phi) is 7.26. The molecular formula is C51H25F6N3O2. The van der Waals surface area contributed by atoms with Crippen LogP contribution in [-0.2, 0) is 12.4 Å². The van der Waals surface area contributed by atoms with Gasteiger partial charge < -0.3 is 18.0 Å². The highest BCUT2D eigenvalue weighted by Gasteiger charge is 2.42. The van der Waals surface area contributed by atoms with Gasteiger partial charge in [-0.15, -0.1) is 0 Å². The van der Waals surface area contributed by atoms with E-state index < -0.39 is 34.6 Å². The molecule has 5 nitrogen and oxygen atoms in total. The van der Waals surface area contributed by atoms with Gasteiger partial charge >= 0.3 is 12.4 Å². The Hall–Kier alpha value is -7.97. The van der Waals surface area contributed by atoms with Gasteiger partial charge in [-0.3, -0.25) is 0 Å². The van der Waals surface area contributed by atoms with Gasteiger partial charge in [-0.25, -0.2) is 0 Å². The summed E-state index contributed by atoms with van der Waals surface area (Å²) in [5, 5.41) is 17.1. The molecule has 4 heterocycles. The van der Waals surface area contributed by atoms with E-state index in [1.165, 1.54) is 12.1 Å². The maximum absolute atomic E-state index is 15.0. The van der Waals surface area contributed by atoms with E-state index in [1.807, 2.05) is 137 Å². The zero-order valence-corrected chi connectivity index (χ0v) is 31.9. The van der Waals surface area contributed by atoms with Crippen LogP contribution in [0.2, 0.25) is 0 Å². The highest BCUT2D eigenvalue weighted by atomic mass is 19.4. The van der Waals surface area contributed by atoms with Gasteiger partial charge in [0.25, 0.3) is 0 Å². The summed E-state index contributed by atoms with van der Waals surface area (Å²) in [5.41, 5.74) is 0.391. The smallest absolute Gasteiger partial charge is 0.417 e. The number of nitrogens with zero attached hydrogens (tertiary/aromatic N) is 3. The number of halogens is 6. The van der Waals surface area contributed by atoms with Gasteiger partial charge in [0.1, 0.15) is 22.3 Å². The van der Waals surface area contributed by atoms with Crippen molar-refractivity contribution in [2.75, 3.05) is 0 Å². The Morgan fingerprint density at radius 2 is 0.871 bits per heavy atom. The second kappa shape index (κ2) is 12.5. The third kappa shape index (κ3) is 4.92. The van der Waals surface area contributed by atoms with Crippen molar-refractivity contribution in [3.63, 3.8) is 0 Å². The zero-order chi connectivity index (χ0) is 42.2. The molecule has 0 aliphatic rings. The molecule has 0 aliphatic heterocycles. The quantitative estimate of drug-likeness (QED) is 0.167. The van der Waals surface area contributed by atoms with Crippen molar-refractivity contribution in [1.82, 2.24) is 9.13 Å². The predicted octanol–water partition coefficient (Wildman–Crippen LogP) is 15.3. The third-order valence-electron chi connectivity index (χ3n) is 12.0. The lowest BCUT2D eigenvalue weighted by Gasteiger charge is -2.23. The number of benzene rings is 8. The molecule has 0 aliphatic carbocycles. The normalized spacial score (nSPS) is 12.7. The fourth-order valence-electron chi connectivity index (χ4n) is 9.58. The monoisotopic (exact) mass is 825 g/mol. The molecular weight excluding hydrogens is 801 g/mol. The fourth-order valence-corrected chi connectivity index (χ4v) is 9.58. The molecule has 62 heavy (non-hydrogen) atoms. The molecule has 0 N–H and O–H groups in total. The fraction of sp³-hybridized carbons (Fsp3) is 0.0392. The summed E-state index contributed by atoms with van der Waals surface area (Å²) in [5.74, 6) is 0. The summed E-state index contributed by atoms with van der Waals surface area (Å²) in [4.78, 5) is 0. The molecule has 8 aromatic carbocycles. The van der Waals surface area contributed by atoms with Gasteiger partial charge in [0.15, 0.2) is 0 Å². The first-order valence-corrected chi connectivity index (χ1v) is 19.5. The molecule has 0 atom stereocenters. The van der Waals surface area contributed by atoms with Crippen LogP contribution in [0.25, 0.3) is 110 Å². The first-order valence-electron chi connectivity index (χ1n) is 19.5. The van der Waals surface area contributed by atoms with Crippen LogP contribution in [0, 0.1) is 11.3 Å². The van der Waals surface area contributed by atoms with E-state index >= 15 is 26.3 Å². The zero-order valence-electron chi connectivity index (χ0n) is 31.9. The van der Waals surface area contributed by atoms with Crippen LogP contribution < -0.4 is 0 Å². The molecule has 0 unspecified atom stereocenters. The molecule has 12 aromatic rings. The van der Waals surface area contributed by atoms with E-state index in [0.29, 0.717) is 67.6 Å². The summed E-state index contributed by atoms with van der Waals surface area (Å²) in [6.07, 6.45) is -10.4. The van der Waals surface area contributed by atoms with Gasteiger partial charge in [-0.1, -0.05) is 78.9 Å². The lowest BCUT2D eigenvalue weighted by atomic mass is 9.89. The van der Waals surface area contributed by atoms with Gasteiger partial charge in [-0.05, 0) is 72.8 Å². The molecule has 4 aromatic heterocycles. The Morgan fingerprint density at radius 1 is 0.435 bits per heavy atom. The number of aromatic nitrogens is 2. The van der Waals surface area contributed by atoms with Crippen molar-refractivity contribution in [2.45, 2.75) is 12.4 Å². The molecule has 0 spiro atoms. The summed E-state index contributed by atoms with van der Waals surface area (Å²) in [7, 11) is 0. The topological polar surface area (TPSA) is 59.9 Å². The standard InChI is InChI=1S/C51H25F6N3O2/c52-50(53,54)35-14-9-15-36(51(55,56)57)45(35)34-25-40(60-38-17-6-2-11-29(38)31-21-23-44-47(49(31)60)33-13-4-8-19-42(33)62-44)39(24-27(34)26-58)59-37-16-5-1-10-28(37)30-20-22-43-46(48(30)59)32-12-3-7-18-41(32)61-43/h1-25H. The maximum Gasteiger partial charge on any atom is 0.417 e. The van der Waals surface area contributed by atoms with Gasteiger partial charge in [0, 0.05) is 43.4 Å². The minimum absolute atomic E-state index is 0.223. The Labute approximate surface area is 345 Å². The second-order valence-electron chi connectivity index (χ2n) is 15.3. The molecule has 11 heteroatoms. The second-order valence-corrected chi connectivity index (χ2v) is 15.3. The van der Waals surface area contributed by atoms with Crippen LogP contribution >= 0.6 is 0 Å². The van der Waals surface area contributed by atoms with Crippen LogP contribution in [0.5, 0.6) is 0 Å². The van der Waals surface area contributed by atoms with E-state index in [2.05, 4.69) is 0 Å². The van der Waals surface area contributed by atoms with Crippen LogP contribution in [0.3, 0.4) is 0 Å². The van der Waals surface area contributed by atoms with E-state index in [-0.39, 0.29) is 11.3 Å². The lowest BCUT2D eigenvalue weighted by molar-refractivity contribution is -0.142. The van der Waals surface area contributed by atoms with Gasteiger partial charge in [0.2, 0.25) is 0 Å². The molecule has 12 rings (SSSR count). The van der Waals surface area contributed by atoms with E-state index in [9.17, 15) is 5.26 Å². The van der Waals surface area contributed by atoms with Crippen molar-refractivity contribution >= 4 is 87.5 Å². The average molecular weight is 826 g/mol. The minimum Gasteiger partial charge on any atom is -0.456 e. The van der Waals surface area contributed by atoms with Crippen LogP contribution in [0.15, 0.2) is 160 Å². The first-order chi connectivity index (χ1) is 30.0. The number of fused-ring (bicyclic) bond motifs is 14. The summed E-state index contributed by atoms with van der Waals surface area (Å²) in [6.45, 7) is 0. The largest absolute Gasteiger partial charge is 0.456 e. The Morgan fingerprint density at radius 3 is 1.34 bits per heavy atom. The summed E-state index contributed by atoms with van der Waals surface area (Å²) in [6, 6.07) is 44.5. The average Bonchev–Trinajstić information content (AvgIpc) is 4.02. The molecule has 298 valence electrons.